The summed E-state index contributed by atoms with van der Waals surface area (Å²) in [6.45, 7) is 4.87. The van der Waals surface area contributed by atoms with E-state index in [4.69, 9.17) is 5.11 Å². The highest BCUT2D eigenvalue weighted by Crippen LogP contribution is 2.53. The van der Waals surface area contributed by atoms with Gasteiger partial charge < -0.3 is 20.6 Å². The molecule has 2 aliphatic rings. The van der Waals surface area contributed by atoms with Crippen LogP contribution in [0.2, 0.25) is 0 Å². The molecule has 2 bridgehead atoms. The number of hydrogen-bond acceptors (Lipinski definition) is 6. The van der Waals surface area contributed by atoms with E-state index in [2.05, 4.69) is 29.5 Å². The Morgan fingerprint density at radius 2 is 2.21 bits per heavy atom. The lowest BCUT2D eigenvalue weighted by Crippen LogP contribution is -2.50. The Kier molecular flexibility index (Phi) is 6.60. The number of amides is 2. The molecule has 1 aromatic rings. The predicted molar refractivity (Wildman–Crippen MR) is 110 cm³/mol. The lowest BCUT2D eigenvalue weighted by Gasteiger charge is -2.36. The van der Waals surface area contributed by atoms with Gasteiger partial charge >= 0.3 is 0 Å². The van der Waals surface area contributed by atoms with Gasteiger partial charge in [-0.15, -0.1) is 11.3 Å². The van der Waals surface area contributed by atoms with Crippen molar-refractivity contribution < 1.29 is 14.7 Å². The zero-order valence-corrected chi connectivity index (χ0v) is 17.8. The molecular weight excluding hydrogens is 376 g/mol. The van der Waals surface area contributed by atoms with E-state index in [1.807, 2.05) is 4.90 Å². The normalized spacial score (nSPS) is 26.1. The van der Waals surface area contributed by atoms with Crippen molar-refractivity contribution in [2.24, 2.45) is 11.3 Å². The van der Waals surface area contributed by atoms with E-state index in [-0.39, 0.29) is 30.5 Å². The third-order valence-electron chi connectivity index (χ3n) is 6.15. The van der Waals surface area contributed by atoms with Crippen molar-refractivity contribution in [3.05, 3.63) is 11.1 Å². The topological polar surface area (TPSA) is 94.6 Å². The SMILES string of the molecule is CNc1nc(C(=O)N2[C@@H]3CC[C@H]2[C@@](CCC(C)C)(C(=O)NCCCO)C3)cs1. The van der Waals surface area contributed by atoms with Gasteiger partial charge in [-0.1, -0.05) is 13.8 Å². The second-order valence-corrected chi connectivity index (χ2v) is 9.23. The van der Waals surface area contributed by atoms with Gasteiger partial charge in [-0.3, -0.25) is 9.59 Å². The van der Waals surface area contributed by atoms with Crippen molar-refractivity contribution >= 4 is 28.3 Å². The van der Waals surface area contributed by atoms with Crippen molar-refractivity contribution in [2.45, 2.75) is 64.5 Å². The van der Waals surface area contributed by atoms with E-state index < -0.39 is 5.41 Å². The highest BCUT2D eigenvalue weighted by atomic mass is 32.1. The number of anilines is 1. The molecule has 2 aliphatic heterocycles. The fraction of sp³-hybridized carbons (Fsp3) is 0.750. The number of aromatic nitrogens is 1. The van der Waals surface area contributed by atoms with Crippen LogP contribution in [0.25, 0.3) is 0 Å². The maximum absolute atomic E-state index is 13.2. The minimum absolute atomic E-state index is 0.0424. The number of carbonyl (C=O) groups is 2. The lowest BCUT2D eigenvalue weighted by atomic mass is 9.69. The summed E-state index contributed by atoms with van der Waals surface area (Å²) in [5.74, 6) is 0.489. The molecule has 28 heavy (non-hydrogen) atoms. The standard InChI is InChI=1S/C20H32N4O3S/c1-13(2)7-8-20(18(27)22-9-4-10-25)11-14-5-6-16(20)24(14)17(26)15-12-28-19(21-3)23-15/h12-14,16,25H,4-11H2,1-3H3,(H,21,23)(H,22,27)/t14-,16+,20+/m1/s1. The van der Waals surface area contributed by atoms with E-state index in [0.717, 1.165) is 37.2 Å². The fourth-order valence-corrected chi connectivity index (χ4v) is 5.38. The lowest BCUT2D eigenvalue weighted by molar-refractivity contribution is -0.133. The van der Waals surface area contributed by atoms with Gasteiger partial charge in [-0.2, -0.15) is 0 Å². The van der Waals surface area contributed by atoms with Crippen LogP contribution in [0.15, 0.2) is 5.38 Å². The van der Waals surface area contributed by atoms with Crippen molar-refractivity contribution in [2.75, 3.05) is 25.5 Å². The summed E-state index contributed by atoms with van der Waals surface area (Å²) < 4.78 is 0. The quantitative estimate of drug-likeness (QED) is 0.546. The molecule has 0 unspecified atom stereocenters. The molecular formula is C20H32N4O3S. The molecule has 0 saturated carbocycles. The summed E-state index contributed by atoms with van der Waals surface area (Å²) in [5, 5.41) is 17.6. The third-order valence-corrected chi connectivity index (χ3v) is 7.01. The minimum Gasteiger partial charge on any atom is -0.396 e. The number of hydrogen-bond donors (Lipinski definition) is 3. The zero-order valence-electron chi connectivity index (χ0n) is 17.0. The van der Waals surface area contributed by atoms with Crippen LogP contribution in [-0.4, -0.2) is 59.1 Å². The number of fused-ring (bicyclic) bond motifs is 2. The number of nitrogens with one attached hydrogen (secondary N) is 2. The van der Waals surface area contributed by atoms with Crippen LogP contribution in [-0.2, 0) is 4.79 Å². The van der Waals surface area contributed by atoms with Gasteiger partial charge in [-0.05, 0) is 44.4 Å². The molecule has 2 amide bonds. The van der Waals surface area contributed by atoms with Crippen LogP contribution < -0.4 is 10.6 Å². The van der Waals surface area contributed by atoms with Gasteiger partial charge in [0, 0.05) is 37.7 Å². The van der Waals surface area contributed by atoms with Gasteiger partial charge in [0.25, 0.3) is 5.91 Å². The Bertz CT molecular complexity index is 707. The predicted octanol–water partition coefficient (Wildman–Crippen LogP) is 2.48. The van der Waals surface area contributed by atoms with Crippen LogP contribution in [0.3, 0.4) is 0 Å². The van der Waals surface area contributed by atoms with E-state index in [9.17, 15) is 9.59 Å². The maximum Gasteiger partial charge on any atom is 0.273 e. The van der Waals surface area contributed by atoms with E-state index in [1.54, 1.807) is 12.4 Å². The highest BCUT2D eigenvalue weighted by Gasteiger charge is 2.60. The highest BCUT2D eigenvalue weighted by molar-refractivity contribution is 7.13. The number of nitrogens with zero attached hydrogens (tertiary/aromatic N) is 2. The molecule has 7 nitrogen and oxygen atoms in total. The summed E-state index contributed by atoms with van der Waals surface area (Å²) >= 11 is 1.42. The molecule has 2 fully saturated rings. The zero-order chi connectivity index (χ0) is 20.3. The first-order valence-corrected chi connectivity index (χ1v) is 11.2. The van der Waals surface area contributed by atoms with Crippen LogP contribution in [0, 0.1) is 11.3 Å². The first-order chi connectivity index (χ1) is 13.4. The number of carbonyl (C=O) groups excluding carboxylic acids is 2. The van der Waals surface area contributed by atoms with Crippen molar-refractivity contribution in [3.8, 4) is 0 Å². The second-order valence-electron chi connectivity index (χ2n) is 8.37. The number of rotatable bonds is 9. The Labute approximate surface area is 170 Å². The molecule has 0 spiro atoms. The Morgan fingerprint density at radius 1 is 1.43 bits per heavy atom. The second kappa shape index (κ2) is 8.78. The van der Waals surface area contributed by atoms with Crippen LogP contribution in [0.1, 0.15) is 62.9 Å². The van der Waals surface area contributed by atoms with Gasteiger partial charge in [0.05, 0.1) is 5.41 Å². The monoisotopic (exact) mass is 408 g/mol. The van der Waals surface area contributed by atoms with Crippen molar-refractivity contribution in [1.82, 2.24) is 15.2 Å². The van der Waals surface area contributed by atoms with Gasteiger partial charge in [-0.25, -0.2) is 4.98 Å². The first-order valence-electron chi connectivity index (χ1n) is 10.3. The third kappa shape index (κ3) is 3.89. The van der Waals surface area contributed by atoms with Gasteiger partial charge in [0.15, 0.2) is 5.13 Å². The number of aliphatic hydroxyl groups excluding tert-OH is 1. The molecule has 0 radical (unpaired) electrons. The summed E-state index contributed by atoms with van der Waals surface area (Å²) in [5.41, 5.74) is -0.0632. The summed E-state index contributed by atoms with van der Waals surface area (Å²) in [6, 6.07) is 0.0330. The molecule has 3 rings (SSSR count). The Morgan fingerprint density at radius 3 is 2.86 bits per heavy atom. The summed E-state index contributed by atoms with van der Waals surface area (Å²) in [6.07, 6.45) is 4.84. The molecule has 3 N–H and O–H groups in total. The van der Waals surface area contributed by atoms with Gasteiger partial charge in [0.2, 0.25) is 5.91 Å². The van der Waals surface area contributed by atoms with E-state index in [0.29, 0.717) is 24.6 Å². The summed E-state index contributed by atoms with van der Waals surface area (Å²) in [4.78, 5) is 32.8. The number of aliphatic hydroxyl groups is 1. The first kappa shape index (κ1) is 21.0. The Balaban J connectivity index is 1.83. The fourth-order valence-electron chi connectivity index (χ4n) is 4.74. The van der Waals surface area contributed by atoms with Crippen molar-refractivity contribution in [1.29, 1.82) is 0 Å². The van der Waals surface area contributed by atoms with Crippen LogP contribution in [0.4, 0.5) is 5.13 Å². The summed E-state index contributed by atoms with van der Waals surface area (Å²) in [7, 11) is 1.79. The van der Waals surface area contributed by atoms with E-state index >= 15 is 0 Å². The van der Waals surface area contributed by atoms with Gasteiger partial charge in [0.1, 0.15) is 5.69 Å². The molecule has 2 saturated heterocycles. The molecule has 1 aromatic heterocycles. The smallest absolute Gasteiger partial charge is 0.273 e. The van der Waals surface area contributed by atoms with Crippen molar-refractivity contribution in [3.63, 3.8) is 0 Å². The molecule has 8 heteroatoms. The van der Waals surface area contributed by atoms with Crippen LogP contribution >= 0.6 is 11.3 Å². The van der Waals surface area contributed by atoms with E-state index in [1.165, 1.54) is 11.3 Å². The average molecular weight is 409 g/mol. The average Bonchev–Trinajstić information content (AvgIpc) is 3.39. The molecule has 0 aliphatic carbocycles. The molecule has 156 valence electrons. The maximum atomic E-state index is 13.2. The largest absolute Gasteiger partial charge is 0.396 e. The Hall–Kier alpha value is -1.67. The molecule has 0 aromatic carbocycles. The minimum atomic E-state index is -0.528. The molecule has 3 heterocycles. The molecule has 3 atom stereocenters. The van der Waals surface area contributed by atoms with Crippen LogP contribution in [0.5, 0.6) is 0 Å². The number of thiazole rings is 1.